The summed E-state index contributed by atoms with van der Waals surface area (Å²) in [4.78, 5) is 54.3. The second-order valence-corrected chi connectivity index (χ2v) is 10.1. The summed E-state index contributed by atoms with van der Waals surface area (Å²) in [5, 5.41) is 20.5. The van der Waals surface area contributed by atoms with Crippen molar-refractivity contribution in [3.05, 3.63) is 116 Å². The number of non-ortho nitro benzene ring substituents is 1. The van der Waals surface area contributed by atoms with E-state index in [4.69, 9.17) is 0 Å². The highest BCUT2D eigenvalue weighted by Crippen LogP contribution is 2.44. The average molecular weight is 591 g/mol. The third kappa shape index (κ3) is 6.16. The molecular weight excluding hydrogens is 565 g/mol. The SMILES string of the molecule is CC(=O)C1=C(C)N(c2cccc(C(F)(F)F)c2)C(=O)C(C(=O)N(C)Cc2cccc([N+](=O)[O-])c2)C1c1ccc(C#N)cc1. The van der Waals surface area contributed by atoms with E-state index in [2.05, 4.69) is 0 Å². The van der Waals surface area contributed by atoms with Crippen LogP contribution in [0.3, 0.4) is 0 Å². The van der Waals surface area contributed by atoms with Crippen LogP contribution in [-0.4, -0.2) is 34.5 Å². The van der Waals surface area contributed by atoms with Gasteiger partial charge in [-0.05, 0) is 55.3 Å². The number of nitriles is 1. The number of hydrogen-bond donors (Lipinski definition) is 0. The predicted molar refractivity (Wildman–Crippen MR) is 149 cm³/mol. The first-order valence-electron chi connectivity index (χ1n) is 13.0. The smallest absolute Gasteiger partial charge is 0.341 e. The van der Waals surface area contributed by atoms with E-state index in [1.54, 1.807) is 6.07 Å². The van der Waals surface area contributed by atoms with Crippen molar-refractivity contribution < 1.29 is 32.5 Å². The summed E-state index contributed by atoms with van der Waals surface area (Å²) >= 11 is 0. The highest BCUT2D eigenvalue weighted by molar-refractivity contribution is 6.15. The van der Waals surface area contributed by atoms with Gasteiger partial charge in [-0.2, -0.15) is 18.4 Å². The van der Waals surface area contributed by atoms with E-state index in [0.717, 1.165) is 23.1 Å². The molecule has 0 aromatic heterocycles. The van der Waals surface area contributed by atoms with Gasteiger partial charge in [-0.3, -0.25) is 29.4 Å². The lowest BCUT2D eigenvalue weighted by Crippen LogP contribution is -2.51. The van der Waals surface area contributed by atoms with E-state index in [9.17, 15) is 42.9 Å². The molecule has 0 saturated heterocycles. The zero-order valence-electron chi connectivity index (χ0n) is 23.3. The minimum atomic E-state index is -4.71. The molecule has 0 saturated carbocycles. The van der Waals surface area contributed by atoms with Gasteiger partial charge in [0.15, 0.2) is 5.78 Å². The molecule has 0 bridgehead atoms. The second-order valence-electron chi connectivity index (χ2n) is 10.1. The van der Waals surface area contributed by atoms with Crippen molar-refractivity contribution in [2.24, 2.45) is 5.92 Å². The number of anilines is 1. The molecule has 2 atom stereocenters. The molecule has 2 amide bonds. The largest absolute Gasteiger partial charge is 0.416 e. The van der Waals surface area contributed by atoms with Gasteiger partial charge in [-0.1, -0.05) is 30.3 Å². The van der Waals surface area contributed by atoms with E-state index in [1.165, 1.54) is 74.3 Å². The fraction of sp³-hybridized carbons (Fsp3) is 0.226. The van der Waals surface area contributed by atoms with Crippen LogP contribution in [0.15, 0.2) is 84.1 Å². The number of carbonyl (C=O) groups is 3. The Morgan fingerprint density at radius 3 is 2.30 bits per heavy atom. The number of benzene rings is 3. The predicted octanol–water partition coefficient (Wildman–Crippen LogP) is 5.75. The number of alkyl halides is 3. The summed E-state index contributed by atoms with van der Waals surface area (Å²) in [5.41, 5.74) is -0.203. The molecule has 3 aromatic rings. The Hall–Kier alpha value is -5.31. The maximum Gasteiger partial charge on any atom is 0.416 e. The Kier molecular flexibility index (Phi) is 8.47. The zero-order chi connectivity index (χ0) is 31.6. The summed E-state index contributed by atoms with van der Waals surface area (Å²) in [7, 11) is 1.39. The third-order valence-corrected chi connectivity index (χ3v) is 7.25. The number of Topliss-reactive ketones (excluding diaryl/α,β-unsaturated/α-hetero) is 1. The fourth-order valence-electron chi connectivity index (χ4n) is 5.30. The van der Waals surface area contributed by atoms with Gasteiger partial charge in [0.2, 0.25) is 11.8 Å². The van der Waals surface area contributed by atoms with Gasteiger partial charge >= 0.3 is 6.18 Å². The number of nitro benzene ring substituents is 1. The quantitative estimate of drug-likeness (QED) is 0.196. The third-order valence-electron chi connectivity index (χ3n) is 7.25. The molecule has 0 spiro atoms. The van der Waals surface area contributed by atoms with Crippen LogP contribution in [0.4, 0.5) is 24.5 Å². The Morgan fingerprint density at radius 1 is 1.07 bits per heavy atom. The Labute approximate surface area is 244 Å². The standard InChI is InChI=1S/C31H25F3N4O5/c1-18-26(19(2)39)27(22-12-10-20(16-35)11-13-22)28(29(40)36(3)17-21-6-4-9-25(14-21)38(42)43)30(41)37(18)24-8-5-7-23(15-24)31(32,33)34/h4-15,27-28H,17H2,1-3H3. The molecule has 0 aliphatic carbocycles. The Morgan fingerprint density at radius 2 is 1.72 bits per heavy atom. The molecule has 3 aromatic carbocycles. The van der Waals surface area contributed by atoms with Crippen LogP contribution in [0.5, 0.6) is 0 Å². The molecule has 1 heterocycles. The van der Waals surface area contributed by atoms with Crippen molar-refractivity contribution >= 4 is 29.0 Å². The van der Waals surface area contributed by atoms with Gasteiger partial charge < -0.3 is 4.90 Å². The summed E-state index contributed by atoms with van der Waals surface area (Å²) in [6.45, 7) is 2.54. The highest BCUT2D eigenvalue weighted by Gasteiger charge is 2.48. The molecular formula is C31H25F3N4O5. The van der Waals surface area contributed by atoms with Crippen LogP contribution in [0.25, 0.3) is 0 Å². The van der Waals surface area contributed by atoms with Crippen LogP contribution in [0.1, 0.15) is 42.0 Å². The Balaban J connectivity index is 1.88. The van der Waals surface area contributed by atoms with Crippen molar-refractivity contribution in [3.8, 4) is 6.07 Å². The lowest BCUT2D eigenvalue weighted by Gasteiger charge is -2.40. The van der Waals surface area contributed by atoms with Gasteiger partial charge in [-0.15, -0.1) is 0 Å². The minimum absolute atomic E-state index is 0.0452. The Bertz CT molecular complexity index is 1690. The number of ketones is 1. The summed E-state index contributed by atoms with van der Waals surface area (Å²) in [6.07, 6.45) is -4.71. The number of rotatable bonds is 7. The van der Waals surface area contributed by atoms with Crippen molar-refractivity contribution in [1.82, 2.24) is 4.90 Å². The number of halogens is 3. The van der Waals surface area contributed by atoms with Gasteiger partial charge in [0.05, 0.1) is 22.1 Å². The first-order valence-corrected chi connectivity index (χ1v) is 13.0. The zero-order valence-corrected chi connectivity index (χ0v) is 23.3. The first-order chi connectivity index (χ1) is 20.2. The summed E-state index contributed by atoms with van der Waals surface area (Å²) in [6, 6.07) is 17.6. The molecule has 0 fully saturated rings. The fourth-order valence-corrected chi connectivity index (χ4v) is 5.30. The van der Waals surface area contributed by atoms with Crippen molar-refractivity contribution in [3.63, 3.8) is 0 Å². The summed E-state index contributed by atoms with van der Waals surface area (Å²) < 4.78 is 40.7. The van der Waals surface area contributed by atoms with E-state index in [-0.39, 0.29) is 29.2 Å². The number of nitrogens with zero attached hydrogens (tertiary/aromatic N) is 4. The van der Waals surface area contributed by atoms with Crippen LogP contribution in [0.2, 0.25) is 0 Å². The highest BCUT2D eigenvalue weighted by atomic mass is 19.4. The lowest BCUT2D eigenvalue weighted by atomic mass is 9.74. The molecule has 12 heteroatoms. The summed E-state index contributed by atoms with van der Waals surface area (Å²) in [5.74, 6) is -4.83. The molecule has 2 unspecified atom stereocenters. The normalized spacial score (nSPS) is 17.0. The molecule has 1 aliphatic heterocycles. The maximum absolute atomic E-state index is 14.2. The molecule has 0 N–H and O–H groups in total. The monoisotopic (exact) mass is 590 g/mol. The number of carbonyl (C=O) groups excluding carboxylic acids is 3. The van der Waals surface area contributed by atoms with Crippen LogP contribution in [0, 0.1) is 27.4 Å². The lowest BCUT2D eigenvalue weighted by molar-refractivity contribution is -0.384. The van der Waals surface area contributed by atoms with E-state index < -0.39 is 46.1 Å². The van der Waals surface area contributed by atoms with Gasteiger partial charge in [-0.25, -0.2) is 0 Å². The molecule has 4 rings (SSSR count). The molecule has 0 radical (unpaired) electrons. The van der Waals surface area contributed by atoms with Crippen LogP contribution < -0.4 is 4.90 Å². The topological polar surface area (TPSA) is 125 Å². The van der Waals surface area contributed by atoms with E-state index >= 15 is 0 Å². The maximum atomic E-state index is 14.2. The van der Waals surface area contributed by atoms with Crippen molar-refractivity contribution in [2.45, 2.75) is 32.5 Å². The molecule has 9 nitrogen and oxygen atoms in total. The van der Waals surface area contributed by atoms with Gasteiger partial charge in [0.25, 0.3) is 5.69 Å². The van der Waals surface area contributed by atoms with E-state index in [0.29, 0.717) is 16.7 Å². The molecule has 43 heavy (non-hydrogen) atoms. The van der Waals surface area contributed by atoms with Gasteiger partial charge in [0.1, 0.15) is 5.92 Å². The molecule has 220 valence electrons. The van der Waals surface area contributed by atoms with Crippen LogP contribution >= 0.6 is 0 Å². The van der Waals surface area contributed by atoms with Crippen molar-refractivity contribution in [1.29, 1.82) is 5.26 Å². The minimum Gasteiger partial charge on any atom is -0.341 e. The van der Waals surface area contributed by atoms with Gasteiger partial charge in [0, 0.05) is 48.6 Å². The number of hydrogen-bond acceptors (Lipinski definition) is 6. The molecule has 1 aliphatic rings. The van der Waals surface area contributed by atoms with Crippen molar-refractivity contribution in [2.75, 3.05) is 11.9 Å². The first kappa shape index (κ1) is 30.6. The second kappa shape index (κ2) is 11.9. The average Bonchev–Trinajstić information content (AvgIpc) is 2.96. The van der Waals surface area contributed by atoms with Crippen LogP contribution in [-0.2, 0) is 27.1 Å². The number of amides is 2. The number of nitro groups is 1. The van der Waals surface area contributed by atoms with E-state index in [1.807, 2.05) is 6.07 Å². The number of allylic oxidation sites excluding steroid dienone is 2.